The van der Waals surface area contributed by atoms with E-state index in [4.69, 9.17) is 9.47 Å². The van der Waals surface area contributed by atoms with Crippen LogP contribution in [-0.4, -0.2) is 68.4 Å². The van der Waals surface area contributed by atoms with Gasteiger partial charge in [-0.3, -0.25) is 14.5 Å². The summed E-state index contributed by atoms with van der Waals surface area (Å²) < 4.78 is 11.0. The molecular formula is C21H30N4O4. The van der Waals surface area contributed by atoms with Crippen molar-refractivity contribution in [2.45, 2.75) is 38.2 Å². The molecule has 29 heavy (non-hydrogen) atoms. The number of hydrazone groups is 1. The number of nitrogens with one attached hydrogen (secondary N) is 2. The van der Waals surface area contributed by atoms with Crippen molar-refractivity contribution in [2.75, 3.05) is 39.4 Å². The Morgan fingerprint density at radius 3 is 2.66 bits per heavy atom. The zero-order valence-corrected chi connectivity index (χ0v) is 16.8. The number of carbonyl (C=O) groups is 2. The Kier molecular flexibility index (Phi) is 8.45. The molecular weight excluding hydrogens is 372 g/mol. The average molecular weight is 402 g/mol. The predicted octanol–water partition coefficient (Wildman–Crippen LogP) is 1.30. The van der Waals surface area contributed by atoms with E-state index < -0.39 is 0 Å². The van der Waals surface area contributed by atoms with Crippen LogP contribution >= 0.6 is 0 Å². The quantitative estimate of drug-likeness (QED) is 0.480. The van der Waals surface area contributed by atoms with Crippen LogP contribution in [0.15, 0.2) is 29.4 Å². The summed E-state index contributed by atoms with van der Waals surface area (Å²) in [5.74, 6) is 0.336. The molecule has 2 fully saturated rings. The minimum Gasteiger partial charge on any atom is -0.484 e. The maximum atomic E-state index is 11.9. The molecule has 2 heterocycles. The molecule has 0 radical (unpaired) electrons. The van der Waals surface area contributed by atoms with Crippen molar-refractivity contribution in [3.63, 3.8) is 0 Å². The van der Waals surface area contributed by atoms with Gasteiger partial charge in [0.1, 0.15) is 5.75 Å². The molecule has 1 aromatic rings. The van der Waals surface area contributed by atoms with E-state index in [0.717, 1.165) is 50.9 Å². The molecule has 0 saturated carbocycles. The molecule has 0 aromatic heterocycles. The highest BCUT2D eigenvalue weighted by Gasteiger charge is 2.16. The number of rotatable bonds is 9. The van der Waals surface area contributed by atoms with Gasteiger partial charge in [0.2, 0.25) is 0 Å². The SMILES string of the molecule is O=C(COc1ccc(/C=N\NC(=O)CN2CCCCC2)cc1)NC[C@@H]1CCCO1. The van der Waals surface area contributed by atoms with Gasteiger partial charge in [-0.15, -0.1) is 0 Å². The first-order valence-electron chi connectivity index (χ1n) is 10.3. The van der Waals surface area contributed by atoms with Crippen LogP contribution in [0.3, 0.4) is 0 Å². The Morgan fingerprint density at radius 1 is 1.14 bits per heavy atom. The van der Waals surface area contributed by atoms with Gasteiger partial charge in [0.05, 0.1) is 18.9 Å². The molecule has 8 heteroatoms. The summed E-state index contributed by atoms with van der Waals surface area (Å²) in [6, 6.07) is 7.17. The van der Waals surface area contributed by atoms with E-state index >= 15 is 0 Å². The molecule has 0 spiro atoms. The molecule has 0 aliphatic carbocycles. The number of hydrogen-bond acceptors (Lipinski definition) is 6. The van der Waals surface area contributed by atoms with Crippen LogP contribution in [-0.2, 0) is 14.3 Å². The topological polar surface area (TPSA) is 92.3 Å². The summed E-state index contributed by atoms with van der Waals surface area (Å²) in [6.45, 7) is 3.61. The predicted molar refractivity (Wildman–Crippen MR) is 110 cm³/mol. The van der Waals surface area contributed by atoms with Crippen molar-refractivity contribution >= 4 is 18.0 Å². The summed E-state index contributed by atoms with van der Waals surface area (Å²) in [7, 11) is 0. The van der Waals surface area contributed by atoms with Gasteiger partial charge in [0.15, 0.2) is 6.61 Å². The highest BCUT2D eigenvalue weighted by molar-refractivity contribution is 5.83. The third-order valence-corrected chi connectivity index (χ3v) is 5.02. The van der Waals surface area contributed by atoms with E-state index in [1.807, 2.05) is 12.1 Å². The number of nitrogens with zero attached hydrogens (tertiary/aromatic N) is 2. The van der Waals surface area contributed by atoms with Crippen LogP contribution in [0.25, 0.3) is 0 Å². The standard InChI is InChI=1S/C21H30N4O4/c26-20(15-25-10-2-1-3-11-25)24-23-13-17-6-8-18(9-7-17)29-16-21(27)22-14-19-5-4-12-28-19/h6-9,13,19H,1-5,10-12,14-16H2,(H,22,27)(H,24,26)/b23-13-/t19-/m0/s1. The van der Waals surface area contributed by atoms with Crippen LogP contribution < -0.4 is 15.5 Å². The van der Waals surface area contributed by atoms with Gasteiger partial charge >= 0.3 is 0 Å². The summed E-state index contributed by atoms with van der Waals surface area (Å²) in [5.41, 5.74) is 3.40. The Hall–Kier alpha value is -2.45. The smallest absolute Gasteiger partial charge is 0.258 e. The molecule has 2 amide bonds. The second kappa shape index (κ2) is 11.5. The van der Waals surface area contributed by atoms with Crippen LogP contribution in [0.2, 0.25) is 0 Å². The number of ether oxygens (including phenoxy) is 2. The van der Waals surface area contributed by atoms with Crippen molar-refractivity contribution in [2.24, 2.45) is 5.10 Å². The molecule has 2 aliphatic heterocycles. The maximum Gasteiger partial charge on any atom is 0.258 e. The number of carbonyl (C=O) groups excluding carboxylic acids is 2. The van der Waals surface area contributed by atoms with Gasteiger partial charge in [-0.05, 0) is 68.6 Å². The van der Waals surface area contributed by atoms with E-state index in [0.29, 0.717) is 18.8 Å². The Bertz CT molecular complexity index is 680. The van der Waals surface area contributed by atoms with Crippen LogP contribution in [0.5, 0.6) is 5.75 Å². The van der Waals surface area contributed by atoms with Crippen molar-refractivity contribution < 1.29 is 19.1 Å². The largest absolute Gasteiger partial charge is 0.484 e. The second-order valence-electron chi connectivity index (χ2n) is 7.43. The Labute approximate surface area is 171 Å². The normalized spacial score (nSPS) is 19.9. The molecule has 2 aliphatic rings. The third-order valence-electron chi connectivity index (χ3n) is 5.02. The summed E-state index contributed by atoms with van der Waals surface area (Å²) in [4.78, 5) is 25.9. The zero-order valence-electron chi connectivity index (χ0n) is 16.8. The maximum absolute atomic E-state index is 11.9. The number of hydrogen-bond donors (Lipinski definition) is 2. The fourth-order valence-corrected chi connectivity index (χ4v) is 3.42. The molecule has 1 aromatic carbocycles. The first kappa shape index (κ1) is 21.3. The fraction of sp³-hybridized carbons (Fsp3) is 0.571. The minimum atomic E-state index is -0.164. The highest BCUT2D eigenvalue weighted by Crippen LogP contribution is 2.12. The van der Waals surface area contributed by atoms with Gasteiger partial charge in [-0.1, -0.05) is 6.42 Å². The van der Waals surface area contributed by atoms with E-state index in [1.165, 1.54) is 6.42 Å². The lowest BCUT2D eigenvalue weighted by atomic mass is 10.1. The summed E-state index contributed by atoms with van der Waals surface area (Å²) >= 11 is 0. The van der Waals surface area contributed by atoms with Crippen molar-refractivity contribution in [1.82, 2.24) is 15.6 Å². The van der Waals surface area contributed by atoms with E-state index in [9.17, 15) is 9.59 Å². The molecule has 2 saturated heterocycles. The van der Waals surface area contributed by atoms with Crippen molar-refractivity contribution in [3.8, 4) is 5.75 Å². The fourth-order valence-electron chi connectivity index (χ4n) is 3.42. The molecule has 8 nitrogen and oxygen atoms in total. The second-order valence-corrected chi connectivity index (χ2v) is 7.43. The molecule has 0 bridgehead atoms. The molecule has 2 N–H and O–H groups in total. The Balaban J connectivity index is 1.32. The number of likely N-dealkylation sites (tertiary alicyclic amines) is 1. The molecule has 3 rings (SSSR count). The lowest BCUT2D eigenvalue weighted by molar-refractivity contribution is -0.124. The monoisotopic (exact) mass is 402 g/mol. The van der Waals surface area contributed by atoms with Crippen LogP contribution in [0.4, 0.5) is 0 Å². The van der Waals surface area contributed by atoms with Crippen LogP contribution in [0, 0.1) is 0 Å². The summed E-state index contributed by atoms with van der Waals surface area (Å²) in [6.07, 6.45) is 7.31. The average Bonchev–Trinajstić information content (AvgIpc) is 3.26. The first-order chi connectivity index (χ1) is 14.2. The lowest BCUT2D eigenvalue weighted by Gasteiger charge is -2.25. The van der Waals surface area contributed by atoms with Gasteiger partial charge in [0, 0.05) is 13.2 Å². The third kappa shape index (κ3) is 7.83. The molecule has 1 atom stereocenters. The summed E-state index contributed by atoms with van der Waals surface area (Å²) in [5, 5.41) is 6.83. The first-order valence-corrected chi connectivity index (χ1v) is 10.3. The minimum absolute atomic E-state index is 0.0350. The van der Waals surface area contributed by atoms with Crippen molar-refractivity contribution in [1.29, 1.82) is 0 Å². The lowest BCUT2D eigenvalue weighted by Crippen LogP contribution is -2.38. The number of benzene rings is 1. The van der Waals surface area contributed by atoms with Gasteiger partial charge in [-0.2, -0.15) is 5.10 Å². The molecule has 0 unspecified atom stereocenters. The van der Waals surface area contributed by atoms with Crippen molar-refractivity contribution in [3.05, 3.63) is 29.8 Å². The highest BCUT2D eigenvalue weighted by atomic mass is 16.5. The van der Waals surface area contributed by atoms with Crippen LogP contribution in [0.1, 0.15) is 37.7 Å². The van der Waals surface area contributed by atoms with Gasteiger partial charge in [0.25, 0.3) is 11.8 Å². The zero-order chi connectivity index (χ0) is 20.3. The number of amides is 2. The van der Waals surface area contributed by atoms with Gasteiger partial charge < -0.3 is 14.8 Å². The number of piperidine rings is 1. The molecule has 158 valence electrons. The van der Waals surface area contributed by atoms with Gasteiger partial charge in [-0.25, -0.2) is 5.43 Å². The van der Waals surface area contributed by atoms with E-state index in [1.54, 1.807) is 18.3 Å². The van der Waals surface area contributed by atoms with E-state index in [2.05, 4.69) is 20.7 Å². The van der Waals surface area contributed by atoms with E-state index in [-0.39, 0.29) is 24.5 Å². The Morgan fingerprint density at radius 2 is 1.93 bits per heavy atom.